The van der Waals surface area contributed by atoms with Gasteiger partial charge in [0.1, 0.15) is 11.5 Å². The zero-order chi connectivity index (χ0) is 22.8. The first-order chi connectivity index (χ1) is 15.4. The smallest absolute Gasteiger partial charge is 0.309 e. The van der Waals surface area contributed by atoms with E-state index in [1.807, 2.05) is 37.8 Å². The Kier molecular flexibility index (Phi) is 6.50. The minimum Gasteiger partial charge on any atom is -0.466 e. The number of piperidine rings is 1. The Labute approximate surface area is 192 Å². The van der Waals surface area contributed by atoms with E-state index < -0.39 is 0 Å². The topological polar surface area (TPSA) is 87.7 Å². The number of esters is 1. The minimum absolute atomic E-state index is 0.0591. The predicted octanol–water partition coefficient (Wildman–Crippen LogP) is 4.02. The van der Waals surface area contributed by atoms with Gasteiger partial charge in [-0.25, -0.2) is 4.98 Å². The van der Waals surface area contributed by atoms with Gasteiger partial charge in [-0.15, -0.1) is 0 Å². The zero-order valence-corrected chi connectivity index (χ0v) is 19.4. The Morgan fingerprint density at radius 1 is 1.22 bits per heavy atom. The standard InChI is InChI=1S/C23H28ClN5O3/c1-4-32-22(31)15-9-11-28(12-10-15)23-26-19-18(13-29(14(2)3)21(19)30)20(27-23)25-17-7-5-16(24)6-8-17/h5-8,14-15H,4,9-13H2,1-3H3,(H,25,26,27). The van der Waals surface area contributed by atoms with Crippen LogP contribution in [0.25, 0.3) is 0 Å². The maximum atomic E-state index is 13.0. The summed E-state index contributed by atoms with van der Waals surface area (Å²) in [5.74, 6) is 0.789. The van der Waals surface area contributed by atoms with Crippen LogP contribution in [-0.4, -0.2) is 52.5 Å². The number of benzene rings is 1. The van der Waals surface area contributed by atoms with E-state index in [9.17, 15) is 9.59 Å². The Morgan fingerprint density at radius 2 is 1.91 bits per heavy atom. The van der Waals surface area contributed by atoms with Crippen molar-refractivity contribution in [2.45, 2.75) is 46.2 Å². The highest BCUT2D eigenvalue weighted by Crippen LogP contribution is 2.33. The van der Waals surface area contributed by atoms with Crippen molar-refractivity contribution in [1.29, 1.82) is 0 Å². The lowest BCUT2D eigenvalue weighted by atomic mass is 9.97. The van der Waals surface area contributed by atoms with Crippen LogP contribution in [0.5, 0.6) is 0 Å². The van der Waals surface area contributed by atoms with E-state index in [-0.39, 0.29) is 23.8 Å². The molecule has 170 valence electrons. The lowest BCUT2D eigenvalue weighted by Gasteiger charge is -2.31. The maximum absolute atomic E-state index is 13.0. The van der Waals surface area contributed by atoms with E-state index in [1.165, 1.54) is 0 Å². The van der Waals surface area contributed by atoms with Crippen LogP contribution < -0.4 is 10.2 Å². The van der Waals surface area contributed by atoms with Gasteiger partial charge in [-0.2, -0.15) is 4.98 Å². The Hall–Kier alpha value is -2.87. The number of aromatic nitrogens is 2. The van der Waals surface area contributed by atoms with Gasteiger partial charge in [-0.05, 0) is 57.9 Å². The number of carbonyl (C=O) groups excluding carboxylic acids is 2. The molecule has 0 saturated carbocycles. The first kappa shape index (κ1) is 22.3. The highest BCUT2D eigenvalue weighted by Gasteiger charge is 2.35. The molecule has 0 radical (unpaired) electrons. The van der Waals surface area contributed by atoms with Crippen LogP contribution in [0.3, 0.4) is 0 Å². The van der Waals surface area contributed by atoms with Gasteiger partial charge >= 0.3 is 5.97 Å². The van der Waals surface area contributed by atoms with Crippen molar-refractivity contribution in [3.63, 3.8) is 0 Å². The average molecular weight is 458 g/mol. The predicted molar refractivity (Wildman–Crippen MR) is 123 cm³/mol. The molecule has 1 fully saturated rings. The number of carbonyl (C=O) groups is 2. The number of halogens is 1. The van der Waals surface area contributed by atoms with Crippen molar-refractivity contribution in [1.82, 2.24) is 14.9 Å². The summed E-state index contributed by atoms with van der Waals surface area (Å²) in [7, 11) is 0. The molecule has 8 nitrogen and oxygen atoms in total. The second kappa shape index (κ2) is 9.32. The van der Waals surface area contributed by atoms with Crippen LogP contribution >= 0.6 is 11.6 Å². The lowest BCUT2D eigenvalue weighted by molar-refractivity contribution is -0.148. The summed E-state index contributed by atoms with van der Waals surface area (Å²) in [4.78, 5) is 38.4. The molecule has 2 aliphatic heterocycles. The van der Waals surface area contributed by atoms with Crippen molar-refractivity contribution in [2.24, 2.45) is 5.92 Å². The highest BCUT2D eigenvalue weighted by molar-refractivity contribution is 6.30. The number of rotatable bonds is 6. The number of nitrogens with zero attached hydrogens (tertiary/aromatic N) is 4. The first-order valence-electron chi connectivity index (χ1n) is 11.0. The molecule has 0 bridgehead atoms. The van der Waals surface area contributed by atoms with Gasteiger partial charge in [0.05, 0.1) is 19.1 Å². The quantitative estimate of drug-likeness (QED) is 0.655. The third-order valence-electron chi connectivity index (χ3n) is 5.92. The molecule has 32 heavy (non-hydrogen) atoms. The molecule has 1 aromatic heterocycles. The molecule has 9 heteroatoms. The number of anilines is 3. The van der Waals surface area contributed by atoms with Crippen molar-refractivity contribution in [2.75, 3.05) is 29.9 Å². The number of fused-ring (bicyclic) bond motifs is 1. The van der Waals surface area contributed by atoms with Crippen molar-refractivity contribution < 1.29 is 14.3 Å². The Bertz CT molecular complexity index is 1000. The monoisotopic (exact) mass is 457 g/mol. The zero-order valence-electron chi connectivity index (χ0n) is 18.6. The molecule has 2 aromatic rings. The number of hydrogen-bond acceptors (Lipinski definition) is 7. The molecular formula is C23H28ClN5O3. The Balaban J connectivity index is 1.62. The van der Waals surface area contributed by atoms with E-state index in [0.717, 1.165) is 11.3 Å². The normalized spacial score (nSPS) is 16.5. The molecule has 1 amide bonds. The highest BCUT2D eigenvalue weighted by atomic mass is 35.5. The van der Waals surface area contributed by atoms with E-state index in [2.05, 4.69) is 10.3 Å². The summed E-state index contributed by atoms with van der Waals surface area (Å²) >= 11 is 6.02. The second-order valence-electron chi connectivity index (χ2n) is 8.37. The van der Waals surface area contributed by atoms with Gasteiger partial charge in [0.2, 0.25) is 5.95 Å². The molecule has 0 spiro atoms. The van der Waals surface area contributed by atoms with E-state index in [0.29, 0.717) is 61.6 Å². The molecule has 0 atom stereocenters. The third-order valence-corrected chi connectivity index (χ3v) is 6.17. The van der Waals surface area contributed by atoms with Gasteiger partial charge in [-0.3, -0.25) is 9.59 Å². The fourth-order valence-corrected chi connectivity index (χ4v) is 4.21. The molecule has 1 N–H and O–H groups in total. The van der Waals surface area contributed by atoms with E-state index in [4.69, 9.17) is 21.3 Å². The van der Waals surface area contributed by atoms with Crippen LogP contribution in [0.15, 0.2) is 24.3 Å². The molecular weight excluding hydrogens is 430 g/mol. The van der Waals surface area contributed by atoms with Gasteiger partial charge < -0.3 is 19.9 Å². The SMILES string of the molecule is CCOC(=O)C1CCN(c2nc(Nc3ccc(Cl)cc3)c3c(n2)C(=O)N(C(C)C)C3)CC1. The second-order valence-corrected chi connectivity index (χ2v) is 8.81. The summed E-state index contributed by atoms with van der Waals surface area (Å²) in [5, 5.41) is 3.99. The van der Waals surface area contributed by atoms with Crippen LogP contribution in [0.2, 0.25) is 5.02 Å². The number of hydrogen-bond donors (Lipinski definition) is 1. The van der Waals surface area contributed by atoms with Crippen LogP contribution in [-0.2, 0) is 16.1 Å². The number of nitrogens with one attached hydrogen (secondary N) is 1. The first-order valence-corrected chi connectivity index (χ1v) is 11.4. The summed E-state index contributed by atoms with van der Waals surface area (Å²) in [6.07, 6.45) is 1.34. The molecule has 3 heterocycles. The summed E-state index contributed by atoms with van der Waals surface area (Å²) in [6.45, 7) is 7.91. The molecule has 0 aliphatic carbocycles. The fraction of sp³-hybridized carbons (Fsp3) is 0.478. The number of ether oxygens (including phenoxy) is 1. The van der Waals surface area contributed by atoms with Crippen molar-refractivity contribution in [3.8, 4) is 0 Å². The summed E-state index contributed by atoms with van der Waals surface area (Å²) in [5.41, 5.74) is 2.06. The van der Waals surface area contributed by atoms with Crippen LogP contribution in [0, 0.1) is 5.92 Å². The molecule has 1 aromatic carbocycles. The molecule has 2 aliphatic rings. The van der Waals surface area contributed by atoms with Gasteiger partial charge in [0.25, 0.3) is 5.91 Å². The van der Waals surface area contributed by atoms with Gasteiger partial charge in [-0.1, -0.05) is 11.6 Å². The summed E-state index contributed by atoms with van der Waals surface area (Å²) in [6, 6.07) is 7.41. The molecule has 4 rings (SSSR count). The minimum atomic E-state index is -0.144. The largest absolute Gasteiger partial charge is 0.466 e. The Morgan fingerprint density at radius 3 is 2.53 bits per heavy atom. The van der Waals surface area contributed by atoms with Gasteiger partial charge in [0.15, 0.2) is 0 Å². The number of amides is 1. The average Bonchev–Trinajstić information content (AvgIpc) is 3.13. The fourth-order valence-electron chi connectivity index (χ4n) is 4.08. The maximum Gasteiger partial charge on any atom is 0.309 e. The molecule has 1 saturated heterocycles. The lowest BCUT2D eigenvalue weighted by Crippen LogP contribution is -2.38. The van der Waals surface area contributed by atoms with Crippen LogP contribution in [0.4, 0.5) is 17.5 Å². The van der Waals surface area contributed by atoms with Gasteiger partial charge in [0, 0.05) is 35.4 Å². The van der Waals surface area contributed by atoms with E-state index in [1.54, 1.807) is 17.0 Å². The van der Waals surface area contributed by atoms with Crippen LogP contribution in [0.1, 0.15) is 49.7 Å². The summed E-state index contributed by atoms with van der Waals surface area (Å²) < 4.78 is 5.17. The molecule has 0 unspecified atom stereocenters. The van der Waals surface area contributed by atoms with Crippen molar-refractivity contribution >= 4 is 40.9 Å². The van der Waals surface area contributed by atoms with E-state index >= 15 is 0 Å². The third kappa shape index (κ3) is 4.50. The van der Waals surface area contributed by atoms with Crippen molar-refractivity contribution in [3.05, 3.63) is 40.5 Å².